The highest BCUT2D eigenvalue weighted by molar-refractivity contribution is 7.89. The zero-order valence-electron chi connectivity index (χ0n) is 23.5. The molecule has 3 aromatic carbocycles. The van der Waals surface area contributed by atoms with Crippen molar-refractivity contribution in [2.24, 2.45) is 0 Å². The van der Waals surface area contributed by atoms with Gasteiger partial charge < -0.3 is 19.5 Å². The molecule has 0 aliphatic carbocycles. The second kappa shape index (κ2) is 11.8. The number of halogens is 1. The van der Waals surface area contributed by atoms with Crippen LogP contribution in [-0.4, -0.2) is 67.3 Å². The van der Waals surface area contributed by atoms with Crippen LogP contribution < -0.4 is 10.1 Å². The van der Waals surface area contributed by atoms with Gasteiger partial charge in [0.25, 0.3) is 5.91 Å². The molecular formula is C31H31FN4O5S. The van der Waals surface area contributed by atoms with Crippen LogP contribution in [-0.2, 0) is 14.8 Å². The number of methoxy groups -OCH3 is 1. The monoisotopic (exact) mass is 590 g/mol. The normalized spacial score (nSPS) is 14.0. The molecule has 1 aliphatic rings. The van der Waals surface area contributed by atoms with E-state index in [1.165, 1.54) is 41.6 Å². The Morgan fingerprint density at radius 2 is 1.55 bits per heavy atom. The van der Waals surface area contributed by atoms with Crippen LogP contribution in [0.5, 0.6) is 5.75 Å². The number of aromatic nitrogens is 1. The van der Waals surface area contributed by atoms with E-state index in [9.17, 15) is 22.4 Å². The number of rotatable bonds is 7. The SMILES string of the molecule is COc1ccc(-c2cc(C(=O)N3CCN(S(=O)(=O)c4ccc(NC(C)=O)cc4)CC3)c(C)n2-c2ccccc2F)cc1. The van der Waals surface area contributed by atoms with E-state index in [1.54, 1.807) is 59.9 Å². The van der Waals surface area contributed by atoms with Crippen molar-refractivity contribution in [3.05, 3.63) is 95.9 Å². The van der Waals surface area contributed by atoms with Crippen LogP contribution in [0.1, 0.15) is 23.0 Å². The third kappa shape index (κ3) is 5.65. The van der Waals surface area contributed by atoms with Crippen LogP contribution in [0.4, 0.5) is 10.1 Å². The molecule has 0 bridgehead atoms. The zero-order chi connectivity index (χ0) is 30.0. The fraction of sp³-hybridized carbons (Fsp3) is 0.226. The third-order valence-electron chi connectivity index (χ3n) is 7.30. The number of benzene rings is 3. The molecule has 0 saturated carbocycles. The Balaban J connectivity index is 1.39. The number of para-hydroxylation sites is 1. The largest absolute Gasteiger partial charge is 0.497 e. The Hall–Kier alpha value is -4.48. The third-order valence-corrected chi connectivity index (χ3v) is 9.21. The number of amides is 2. The van der Waals surface area contributed by atoms with Crippen molar-refractivity contribution in [3.8, 4) is 22.7 Å². The summed E-state index contributed by atoms with van der Waals surface area (Å²) in [6, 6.07) is 21.4. The van der Waals surface area contributed by atoms with Gasteiger partial charge in [-0.15, -0.1) is 0 Å². The van der Waals surface area contributed by atoms with Crippen molar-refractivity contribution in [3.63, 3.8) is 0 Å². The molecule has 218 valence electrons. The van der Waals surface area contributed by atoms with Gasteiger partial charge in [-0.1, -0.05) is 12.1 Å². The molecule has 1 aromatic heterocycles. The number of nitrogens with zero attached hydrogens (tertiary/aromatic N) is 3. The lowest BCUT2D eigenvalue weighted by Gasteiger charge is -2.34. The van der Waals surface area contributed by atoms with E-state index in [-0.39, 0.29) is 42.9 Å². The number of ether oxygens (including phenoxy) is 1. The first kappa shape index (κ1) is 29.0. The minimum Gasteiger partial charge on any atom is -0.497 e. The maximum atomic E-state index is 15.0. The van der Waals surface area contributed by atoms with Crippen LogP contribution in [0.25, 0.3) is 16.9 Å². The molecule has 5 rings (SSSR count). The van der Waals surface area contributed by atoms with Crippen molar-refractivity contribution in [1.29, 1.82) is 0 Å². The van der Waals surface area contributed by atoms with Crippen LogP contribution in [0.3, 0.4) is 0 Å². The molecule has 0 spiro atoms. The second-order valence-corrected chi connectivity index (χ2v) is 11.9. The summed E-state index contributed by atoms with van der Waals surface area (Å²) in [5, 5.41) is 2.62. The minimum absolute atomic E-state index is 0.110. The van der Waals surface area contributed by atoms with Gasteiger partial charge >= 0.3 is 0 Å². The van der Waals surface area contributed by atoms with Crippen molar-refractivity contribution in [2.75, 3.05) is 38.6 Å². The summed E-state index contributed by atoms with van der Waals surface area (Å²) in [6.07, 6.45) is 0. The summed E-state index contributed by atoms with van der Waals surface area (Å²) in [7, 11) is -2.21. The number of sulfonamides is 1. The molecule has 9 nitrogen and oxygen atoms in total. The first-order valence-electron chi connectivity index (χ1n) is 13.4. The minimum atomic E-state index is -3.79. The molecule has 2 heterocycles. The standard InChI is InChI=1S/C31H31FN4O5S/c1-21-27(20-30(23-8-12-25(41-3)13-9-23)36(21)29-7-5-4-6-28(29)32)31(38)34-16-18-35(19-17-34)42(39,40)26-14-10-24(11-15-26)33-22(2)37/h4-15,20H,16-19H2,1-3H3,(H,33,37). The number of carbonyl (C=O) groups excluding carboxylic acids is 2. The zero-order valence-corrected chi connectivity index (χ0v) is 24.3. The van der Waals surface area contributed by atoms with Gasteiger partial charge in [-0.3, -0.25) is 9.59 Å². The average Bonchev–Trinajstić information content (AvgIpc) is 3.33. The predicted molar refractivity (Wildman–Crippen MR) is 158 cm³/mol. The van der Waals surface area contributed by atoms with Gasteiger partial charge in [0, 0.05) is 44.5 Å². The number of carbonyl (C=O) groups is 2. The highest BCUT2D eigenvalue weighted by atomic mass is 32.2. The Bertz CT molecular complexity index is 1730. The fourth-order valence-electron chi connectivity index (χ4n) is 5.11. The van der Waals surface area contributed by atoms with Crippen molar-refractivity contribution >= 4 is 27.5 Å². The van der Waals surface area contributed by atoms with Crippen molar-refractivity contribution in [2.45, 2.75) is 18.7 Å². The van der Waals surface area contributed by atoms with E-state index in [4.69, 9.17) is 4.74 Å². The first-order valence-corrected chi connectivity index (χ1v) is 14.8. The Morgan fingerprint density at radius 3 is 2.14 bits per heavy atom. The van der Waals surface area contributed by atoms with Gasteiger partial charge in [0.05, 0.1) is 29.0 Å². The molecule has 1 N–H and O–H groups in total. The van der Waals surface area contributed by atoms with E-state index in [1.807, 2.05) is 12.1 Å². The lowest BCUT2D eigenvalue weighted by molar-refractivity contribution is -0.114. The molecule has 42 heavy (non-hydrogen) atoms. The second-order valence-electron chi connectivity index (χ2n) is 9.95. The smallest absolute Gasteiger partial charge is 0.255 e. The van der Waals surface area contributed by atoms with E-state index in [0.717, 1.165) is 5.56 Å². The summed E-state index contributed by atoms with van der Waals surface area (Å²) < 4.78 is 49.8. The highest BCUT2D eigenvalue weighted by Gasteiger charge is 2.32. The summed E-state index contributed by atoms with van der Waals surface area (Å²) in [5.74, 6) is -0.253. The maximum absolute atomic E-state index is 15.0. The Kier molecular flexibility index (Phi) is 8.15. The van der Waals surface area contributed by atoms with Gasteiger partial charge in [-0.25, -0.2) is 12.8 Å². The molecule has 1 aliphatic heterocycles. The summed E-state index contributed by atoms with van der Waals surface area (Å²) in [5.41, 5.74) is 3.23. The summed E-state index contributed by atoms with van der Waals surface area (Å²) in [4.78, 5) is 26.8. The van der Waals surface area contributed by atoms with E-state index < -0.39 is 15.8 Å². The van der Waals surface area contributed by atoms with Crippen LogP contribution in [0, 0.1) is 12.7 Å². The molecule has 4 aromatic rings. The van der Waals surface area contributed by atoms with Gasteiger partial charge in [-0.05, 0) is 79.2 Å². The van der Waals surface area contributed by atoms with Crippen molar-refractivity contribution < 1.29 is 27.1 Å². The first-order chi connectivity index (χ1) is 20.1. The lowest BCUT2D eigenvalue weighted by atomic mass is 10.1. The fourth-order valence-corrected chi connectivity index (χ4v) is 6.53. The molecular weight excluding hydrogens is 559 g/mol. The molecule has 0 unspecified atom stereocenters. The predicted octanol–water partition coefficient (Wildman–Crippen LogP) is 4.71. The maximum Gasteiger partial charge on any atom is 0.255 e. The van der Waals surface area contributed by atoms with Crippen molar-refractivity contribution in [1.82, 2.24) is 13.8 Å². The van der Waals surface area contributed by atoms with Gasteiger partial charge in [0.15, 0.2) is 0 Å². The number of hydrogen-bond acceptors (Lipinski definition) is 5. The quantitative estimate of drug-likeness (QED) is 0.336. The molecule has 2 amide bonds. The van der Waals surface area contributed by atoms with Crippen LogP contribution >= 0.6 is 0 Å². The Labute approximate surface area is 244 Å². The van der Waals surface area contributed by atoms with E-state index >= 15 is 0 Å². The van der Waals surface area contributed by atoms with Crippen LogP contribution in [0.2, 0.25) is 0 Å². The number of nitrogens with one attached hydrogen (secondary N) is 1. The molecule has 0 radical (unpaired) electrons. The summed E-state index contributed by atoms with van der Waals surface area (Å²) in [6.45, 7) is 3.80. The molecule has 1 saturated heterocycles. The summed E-state index contributed by atoms with van der Waals surface area (Å²) >= 11 is 0. The molecule has 1 fully saturated rings. The number of hydrogen-bond donors (Lipinski definition) is 1. The van der Waals surface area contributed by atoms with Gasteiger partial charge in [0.1, 0.15) is 11.6 Å². The van der Waals surface area contributed by atoms with E-state index in [0.29, 0.717) is 34.1 Å². The van der Waals surface area contributed by atoms with Gasteiger partial charge in [-0.2, -0.15) is 4.31 Å². The highest BCUT2D eigenvalue weighted by Crippen LogP contribution is 2.32. The molecule has 0 atom stereocenters. The number of piperazine rings is 1. The topological polar surface area (TPSA) is 101 Å². The van der Waals surface area contributed by atoms with Gasteiger partial charge in [0.2, 0.25) is 15.9 Å². The Morgan fingerprint density at radius 1 is 0.905 bits per heavy atom. The lowest BCUT2D eigenvalue weighted by Crippen LogP contribution is -2.50. The van der Waals surface area contributed by atoms with Crippen LogP contribution in [0.15, 0.2) is 83.8 Å². The average molecular weight is 591 g/mol. The van der Waals surface area contributed by atoms with E-state index in [2.05, 4.69) is 5.32 Å². The number of anilines is 1. The molecule has 11 heteroatoms.